The Labute approximate surface area is 168 Å². The van der Waals surface area contributed by atoms with Crippen molar-refractivity contribution in [3.05, 3.63) is 53.5 Å². The minimum atomic E-state index is 0.350. The molecule has 27 heavy (non-hydrogen) atoms. The van der Waals surface area contributed by atoms with Gasteiger partial charge in [-0.3, -0.25) is 0 Å². The predicted molar refractivity (Wildman–Crippen MR) is 114 cm³/mol. The predicted octanol–water partition coefficient (Wildman–Crippen LogP) is 3.51. The number of nitrogens with two attached hydrogens (primary N) is 1. The molecule has 0 bridgehead atoms. The maximum absolute atomic E-state index is 6.13. The molecular formula is C21H32ClN5. The van der Waals surface area contributed by atoms with Crippen molar-refractivity contribution < 1.29 is 0 Å². The number of benzene rings is 1. The third kappa shape index (κ3) is 5.11. The van der Waals surface area contributed by atoms with Crippen LogP contribution in [0.25, 0.3) is 0 Å². The van der Waals surface area contributed by atoms with E-state index in [9.17, 15) is 0 Å². The first kappa shape index (κ1) is 19.9. The zero-order valence-electron chi connectivity index (χ0n) is 16.5. The maximum Gasteiger partial charge on any atom is 0.0893 e. The minimum absolute atomic E-state index is 0.350. The summed E-state index contributed by atoms with van der Waals surface area (Å²) in [6, 6.07) is 8.72. The Balaban J connectivity index is 1.66. The second-order valence-electron chi connectivity index (χ2n) is 7.75. The molecule has 1 aromatic carbocycles. The van der Waals surface area contributed by atoms with Crippen molar-refractivity contribution in [3.8, 4) is 0 Å². The Morgan fingerprint density at radius 3 is 2.48 bits per heavy atom. The van der Waals surface area contributed by atoms with Crippen LogP contribution >= 0.6 is 11.6 Å². The highest BCUT2D eigenvalue weighted by Gasteiger charge is 2.28. The highest BCUT2D eigenvalue weighted by molar-refractivity contribution is 6.30. The van der Waals surface area contributed by atoms with Crippen molar-refractivity contribution in [3.63, 3.8) is 0 Å². The molecule has 3 N–H and O–H groups in total. The maximum atomic E-state index is 6.13. The minimum Gasteiger partial charge on any atom is -0.383 e. The van der Waals surface area contributed by atoms with Crippen LogP contribution in [0.3, 0.4) is 0 Å². The molecule has 0 radical (unpaired) electrons. The lowest BCUT2D eigenvalue weighted by atomic mass is 9.90. The van der Waals surface area contributed by atoms with Crippen molar-refractivity contribution in [2.24, 2.45) is 5.73 Å². The molecule has 1 aliphatic carbocycles. The van der Waals surface area contributed by atoms with Gasteiger partial charge in [-0.2, -0.15) is 0 Å². The first-order chi connectivity index (χ1) is 12.9. The van der Waals surface area contributed by atoms with Gasteiger partial charge in [0.1, 0.15) is 0 Å². The van der Waals surface area contributed by atoms with Crippen molar-refractivity contribution in [2.75, 3.05) is 39.2 Å². The zero-order valence-corrected chi connectivity index (χ0v) is 17.3. The lowest BCUT2D eigenvalue weighted by Crippen LogP contribution is -2.43. The normalized spacial score (nSPS) is 22.6. The summed E-state index contributed by atoms with van der Waals surface area (Å²) in [6.07, 6.45) is 6.64. The molecule has 0 saturated heterocycles. The molecule has 2 aliphatic rings. The summed E-state index contributed by atoms with van der Waals surface area (Å²) >= 11 is 5.98. The van der Waals surface area contributed by atoms with Gasteiger partial charge in [0.15, 0.2) is 0 Å². The van der Waals surface area contributed by atoms with Crippen LogP contribution in [0.2, 0.25) is 5.02 Å². The first-order valence-corrected chi connectivity index (χ1v) is 10.2. The van der Waals surface area contributed by atoms with Crippen molar-refractivity contribution in [1.29, 1.82) is 0 Å². The van der Waals surface area contributed by atoms with Crippen LogP contribution in [-0.4, -0.2) is 60.6 Å². The van der Waals surface area contributed by atoms with E-state index >= 15 is 0 Å². The fourth-order valence-corrected chi connectivity index (χ4v) is 4.17. The van der Waals surface area contributed by atoms with Gasteiger partial charge >= 0.3 is 0 Å². The highest BCUT2D eigenvalue weighted by atomic mass is 35.5. The van der Waals surface area contributed by atoms with E-state index in [0.717, 1.165) is 61.8 Å². The quantitative estimate of drug-likeness (QED) is 0.747. The van der Waals surface area contributed by atoms with Crippen molar-refractivity contribution in [2.45, 2.75) is 37.8 Å². The smallest absolute Gasteiger partial charge is 0.0893 e. The molecular weight excluding hydrogens is 358 g/mol. The topological polar surface area (TPSA) is 47.8 Å². The van der Waals surface area contributed by atoms with E-state index in [-0.39, 0.29) is 0 Å². The number of hydrogen-bond donors (Lipinski definition) is 2. The molecule has 1 aliphatic heterocycles. The average Bonchev–Trinajstić information content (AvgIpc) is 2.99. The van der Waals surface area contributed by atoms with Gasteiger partial charge in [0, 0.05) is 56.2 Å². The van der Waals surface area contributed by atoms with E-state index in [1.54, 1.807) is 0 Å². The second-order valence-corrected chi connectivity index (χ2v) is 8.19. The van der Waals surface area contributed by atoms with E-state index in [0.29, 0.717) is 12.1 Å². The van der Waals surface area contributed by atoms with Gasteiger partial charge in [-0.05, 0) is 49.9 Å². The lowest BCUT2D eigenvalue weighted by Gasteiger charge is -2.40. The van der Waals surface area contributed by atoms with Crippen LogP contribution < -0.4 is 11.1 Å². The largest absolute Gasteiger partial charge is 0.383 e. The van der Waals surface area contributed by atoms with Crippen molar-refractivity contribution in [1.82, 2.24) is 14.7 Å². The molecule has 0 spiro atoms. The van der Waals surface area contributed by atoms with Gasteiger partial charge in [0.25, 0.3) is 0 Å². The SMILES string of the molecule is C=C(C1=CN(C)CN1C)N(CCNc1ccc(Cl)cc1)C1CCC(N)CC1. The summed E-state index contributed by atoms with van der Waals surface area (Å²) in [7, 11) is 4.23. The Morgan fingerprint density at radius 2 is 1.89 bits per heavy atom. The van der Waals surface area contributed by atoms with Gasteiger partial charge in [-0.25, -0.2) is 0 Å². The fraction of sp³-hybridized carbons (Fsp3) is 0.524. The fourth-order valence-electron chi connectivity index (χ4n) is 4.04. The number of likely N-dealkylation sites (N-methyl/N-ethyl adjacent to an activating group) is 1. The monoisotopic (exact) mass is 389 g/mol. The van der Waals surface area contributed by atoms with Crippen LogP contribution in [0.5, 0.6) is 0 Å². The second kappa shape index (κ2) is 8.89. The summed E-state index contributed by atoms with van der Waals surface area (Å²) in [5.74, 6) is 0. The molecule has 148 valence electrons. The Kier molecular flexibility index (Phi) is 6.55. The van der Waals surface area contributed by atoms with Crippen LogP contribution in [0.1, 0.15) is 25.7 Å². The third-order valence-electron chi connectivity index (χ3n) is 5.54. The molecule has 0 atom stereocenters. The van der Waals surface area contributed by atoms with Crippen molar-refractivity contribution >= 4 is 17.3 Å². The summed E-state index contributed by atoms with van der Waals surface area (Å²) in [4.78, 5) is 6.94. The third-order valence-corrected chi connectivity index (χ3v) is 5.79. The molecule has 6 heteroatoms. The molecule has 3 rings (SSSR count). The Hall–Kier alpha value is -1.85. The molecule has 0 amide bonds. The summed E-state index contributed by atoms with van der Waals surface area (Å²) < 4.78 is 0. The molecule has 1 heterocycles. The summed E-state index contributed by atoms with van der Waals surface area (Å²) in [5.41, 5.74) is 9.54. The molecule has 1 fully saturated rings. The number of hydrogen-bond acceptors (Lipinski definition) is 5. The first-order valence-electron chi connectivity index (χ1n) is 9.78. The van der Waals surface area contributed by atoms with Crippen LogP contribution in [0.15, 0.2) is 48.4 Å². The number of rotatable bonds is 7. The van der Waals surface area contributed by atoms with Crippen LogP contribution in [0, 0.1) is 0 Å². The summed E-state index contributed by atoms with van der Waals surface area (Å²) in [5, 5.41) is 4.26. The average molecular weight is 390 g/mol. The van der Waals surface area contributed by atoms with E-state index in [4.69, 9.17) is 17.3 Å². The van der Waals surface area contributed by atoms with E-state index in [1.165, 1.54) is 5.70 Å². The highest BCUT2D eigenvalue weighted by Crippen LogP contribution is 2.29. The molecule has 1 saturated carbocycles. The number of nitrogens with one attached hydrogen (secondary N) is 1. The van der Waals surface area contributed by atoms with Crippen LogP contribution in [0.4, 0.5) is 5.69 Å². The molecule has 0 aromatic heterocycles. The van der Waals surface area contributed by atoms with Gasteiger partial charge in [-0.15, -0.1) is 0 Å². The standard InChI is InChI=1S/C21H32ClN5/c1-16(21-14-25(2)15-26(21)3)27(20-10-6-18(23)7-11-20)13-12-24-19-8-4-17(22)5-9-19/h4-5,8-9,14,18,20,24H,1,6-7,10-13,15,23H2,2-3H3. The van der Waals surface area contributed by atoms with Gasteiger partial charge < -0.3 is 25.8 Å². The van der Waals surface area contributed by atoms with Gasteiger partial charge in [-0.1, -0.05) is 18.2 Å². The zero-order chi connectivity index (χ0) is 19.4. The number of anilines is 1. The van der Waals surface area contributed by atoms with E-state index in [2.05, 4.69) is 46.9 Å². The molecule has 5 nitrogen and oxygen atoms in total. The van der Waals surface area contributed by atoms with Gasteiger partial charge in [0.05, 0.1) is 18.1 Å². The number of nitrogens with zero attached hydrogens (tertiary/aromatic N) is 3. The molecule has 1 aromatic rings. The number of halogens is 1. The Bertz CT molecular complexity index is 664. The van der Waals surface area contributed by atoms with Crippen LogP contribution in [-0.2, 0) is 0 Å². The summed E-state index contributed by atoms with van der Waals surface area (Å²) in [6.45, 7) is 7.14. The Morgan fingerprint density at radius 1 is 1.22 bits per heavy atom. The van der Waals surface area contributed by atoms with E-state index < -0.39 is 0 Å². The lowest BCUT2D eigenvalue weighted by molar-refractivity contribution is 0.192. The van der Waals surface area contributed by atoms with E-state index in [1.807, 2.05) is 24.3 Å². The molecule has 0 unspecified atom stereocenters. The van der Waals surface area contributed by atoms with Gasteiger partial charge in [0.2, 0.25) is 0 Å².